The number of esters is 3. The largest absolute Gasteiger partial charge is 0.456 e. The Morgan fingerprint density at radius 3 is 2.19 bits per heavy atom. The third-order valence-electron chi connectivity index (χ3n) is 8.95. The average molecular weight is 440 g/mol. The molecule has 0 aromatic carbocycles. The molecule has 2 saturated carbocycles. The second-order valence-corrected chi connectivity index (χ2v) is 10.8. The third-order valence-corrected chi connectivity index (χ3v) is 8.95. The minimum absolute atomic E-state index is 0.792. The van der Waals surface area contributed by atoms with E-state index in [4.69, 9.17) is 18.9 Å². The zero-order valence-electron chi connectivity index (χ0n) is 17.3. The fraction of sp³-hybridized carbons (Fsp3) is 0.850. The normalized spacial score (nSPS) is 61.0. The Kier molecular flexibility index (Phi) is 3.15. The summed E-state index contributed by atoms with van der Waals surface area (Å²) in [7, 11) is 0. The van der Waals surface area contributed by atoms with Crippen LogP contribution in [0.4, 0.5) is 0 Å². The molecule has 6 rings (SSSR count). The summed E-state index contributed by atoms with van der Waals surface area (Å²) in [5.41, 5.74) is -9.40. The van der Waals surface area contributed by atoms with Gasteiger partial charge in [-0.25, -0.2) is 9.59 Å². The first-order valence-electron chi connectivity index (χ1n) is 10.3. The Balaban J connectivity index is 1.75. The van der Waals surface area contributed by atoms with Gasteiger partial charge in [-0.15, -0.1) is 0 Å². The van der Waals surface area contributed by atoms with Gasteiger partial charge in [0.25, 0.3) is 0 Å². The third kappa shape index (κ3) is 1.43. The lowest BCUT2D eigenvalue weighted by molar-refractivity contribution is -0.240. The van der Waals surface area contributed by atoms with E-state index in [0.29, 0.717) is 0 Å². The Morgan fingerprint density at radius 2 is 1.58 bits per heavy atom. The number of aliphatic hydroxyl groups excluding tert-OH is 3. The highest BCUT2D eigenvalue weighted by molar-refractivity contribution is 5.94. The number of ether oxygens (including phenoxy) is 4. The highest BCUT2D eigenvalue weighted by Gasteiger charge is 3.05. The lowest BCUT2D eigenvalue weighted by atomic mass is 9.51. The molecular weight excluding hydrogens is 416 g/mol. The van der Waals surface area contributed by atoms with Crippen molar-refractivity contribution in [3.05, 3.63) is 0 Å². The number of hydrogen-bond acceptors (Lipinski definition) is 11. The number of rotatable bonds is 0. The van der Waals surface area contributed by atoms with Crippen LogP contribution in [0.15, 0.2) is 0 Å². The van der Waals surface area contributed by atoms with Crippen molar-refractivity contribution in [1.82, 2.24) is 0 Å². The topological polar surface area (TPSA) is 169 Å². The van der Waals surface area contributed by atoms with Gasteiger partial charge in [0.15, 0.2) is 17.8 Å². The van der Waals surface area contributed by atoms with E-state index in [2.05, 4.69) is 0 Å². The van der Waals surface area contributed by atoms with Gasteiger partial charge in [-0.1, -0.05) is 20.8 Å². The van der Waals surface area contributed by atoms with Crippen LogP contribution in [0.2, 0.25) is 0 Å². The predicted octanol–water partition coefficient (Wildman–Crippen LogP) is -2.40. The number of fused-ring (bicyclic) bond motifs is 1. The molecule has 6 aliphatic rings. The highest BCUT2D eigenvalue weighted by atomic mass is 16.8. The summed E-state index contributed by atoms with van der Waals surface area (Å²) in [6.07, 6.45) is -9.69. The first-order valence-corrected chi connectivity index (χ1v) is 10.3. The first-order chi connectivity index (χ1) is 14.3. The summed E-state index contributed by atoms with van der Waals surface area (Å²) in [5.74, 6) is -5.22. The van der Waals surface area contributed by atoms with Gasteiger partial charge in [-0.3, -0.25) is 4.79 Å². The number of carbonyl (C=O) groups excluding carboxylic acids is 3. The highest BCUT2D eigenvalue weighted by Crippen LogP contribution is 2.84. The molecule has 11 nitrogen and oxygen atoms in total. The summed E-state index contributed by atoms with van der Waals surface area (Å²) in [4.78, 5) is 38.3. The van der Waals surface area contributed by atoms with Crippen molar-refractivity contribution in [3.8, 4) is 0 Å². The van der Waals surface area contributed by atoms with E-state index < -0.39 is 94.0 Å². The molecule has 4 heterocycles. The quantitative estimate of drug-likeness (QED) is 0.234. The lowest BCUT2D eigenvalue weighted by Gasteiger charge is -2.47. The molecule has 2 spiro atoms. The van der Waals surface area contributed by atoms with E-state index >= 15 is 0 Å². The second kappa shape index (κ2) is 4.91. The van der Waals surface area contributed by atoms with E-state index in [1.165, 1.54) is 6.92 Å². The molecule has 4 N–H and O–H groups in total. The summed E-state index contributed by atoms with van der Waals surface area (Å²) in [6.45, 7) is 6.63. The summed E-state index contributed by atoms with van der Waals surface area (Å²) >= 11 is 0. The molecule has 4 aliphatic heterocycles. The number of carbonyl (C=O) groups is 3. The minimum Gasteiger partial charge on any atom is -0.456 e. The van der Waals surface area contributed by atoms with Crippen LogP contribution >= 0.6 is 0 Å². The zero-order valence-corrected chi connectivity index (χ0v) is 17.3. The van der Waals surface area contributed by atoms with Crippen molar-refractivity contribution >= 4 is 17.9 Å². The number of aliphatic hydroxyl groups is 4. The van der Waals surface area contributed by atoms with Gasteiger partial charge in [-0.2, -0.15) is 0 Å². The predicted molar refractivity (Wildman–Crippen MR) is 93.4 cm³/mol. The van der Waals surface area contributed by atoms with Gasteiger partial charge in [0.05, 0.1) is 22.9 Å². The average Bonchev–Trinajstić information content (AvgIpc) is 3.35. The standard InChI is InChI=1S/C20H24O11/c1-5-12(24)28-11-8(22)18-10-6(21)7(16(2,3)4)17(18)9(23)13(25)30-15(17)31-20(18,14(26)29-10)19(5,11)27/h5-11,15,21-23,27H,1-4H3/t5-,6+,7+,8-,9-,10+,11-,15-,17+,18+,19+,20-/m1/s1. The van der Waals surface area contributed by atoms with Crippen molar-refractivity contribution in [2.24, 2.45) is 28.1 Å². The van der Waals surface area contributed by atoms with Crippen LogP contribution in [-0.2, 0) is 33.3 Å². The van der Waals surface area contributed by atoms with E-state index in [-0.39, 0.29) is 0 Å². The van der Waals surface area contributed by atoms with Crippen LogP contribution in [0.1, 0.15) is 27.7 Å². The van der Waals surface area contributed by atoms with E-state index in [1.54, 1.807) is 20.8 Å². The Labute approximate surface area is 176 Å². The molecular formula is C20H24O11. The molecule has 0 aromatic rings. The van der Waals surface area contributed by atoms with Gasteiger partial charge >= 0.3 is 17.9 Å². The minimum atomic E-state index is -2.40. The fourth-order valence-electron chi connectivity index (χ4n) is 8.27. The molecule has 6 fully saturated rings. The maximum absolute atomic E-state index is 13.4. The summed E-state index contributed by atoms with van der Waals surface area (Å²) in [6, 6.07) is 0. The van der Waals surface area contributed by atoms with E-state index in [9.17, 15) is 34.8 Å². The summed E-state index contributed by atoms with van der Waals surface area (Å²) in [5, 5.41) is 46.1. The maximum Gasteiger partial charge on any atom is 0.343 e. The molecule has 0 unspecified atom stereocenters. The second-order valence-electron chi connectivity index (χ2n) is 10.8. The van der Waals surface area contributed by atoms with Crippen LogP contribution in [-0.4, -0.2) is 86.3 Å². The van der Waals surface area contributed by atoms with Crippen LogP contribution in [0.3, 0.4) is 0 Å². The van der Waals surface area contributed by atoms with Gasteiger partial charge < -0.3 is 39.4 Å². The zero-order chi connectivity index (χ0) is 22.7. The molecule has 0 bridgehead atoms. The van der Waals surface area contributed by atoms with E-state index in [1.807, 2.05) is 0 Å². The number of hydrogen-bond donors (Lipinski definition) is 4. The van der Waals surface area contributed by atoms with Crippen molar-refractivity contribution in [1.29, 1.82) is 0 Å². The maximum atomic E-state index is 13.4. The van der Waals surface area contributed by atoms with E-state index in [0.717, 1.165) is 0 Å². The molecule has 0 amide bonds. The molecule has 4 saturated heterocycles. The van der Waals surface area contributed by atoms with Crippen LogP contribution < -0.4 is 0 Å². The van der Waals surface area contributed by atoms with Gasteiger partial charge in [-0.05, 0) is 12.3 Å². The van der Waals surface area contributed by atoms with Crippen molar-refractivity contribution in [3.63, 3.8) is 0 Å². The Morgan fingerprint density at radius 1 is 0.935 bits per heavy atom. The fourth-order valence-corrected chi connectivity index (χ4v) is 8.27. The molecule has 0 radical (unpaired) electrons. The molecule has 31 heavy (non-hydrogen) atoms. The van der Waals surface area contributed by atoms with Crippen LogP contribution in [0.5, 0.6) is 0 Å². The lowest BCUT2D eigenvalue weighted by Crippen LogP contribution is -2.67. The van der Waals surface area contributed by atoms with Crippen molar-refractivity contribution in [2.75, 3.05) is 0 Å². The smallest absolute Gasteiger partial charge is 0.343 e. The van der Waals surface area contributed by atoms with Gasteiger partial charge in [0.1, 0.15) is 12.2 Å². The molecule has 11 heteroatoms. The van der Waals surface area contributed by atoms with Gasteiger partial charge in [0, 0.05) is 5.92 Å². The van der Waals surface area contributed by atoms with Crippen molar-refractivity contribution in [2.45, 2.75) is 75.7 Å². The first kappa shape index (κ1) is 19.9. The Hall–Kier alpha value is -1.79. The monoisotopic (exact) mass is 440 g/mol. The SMILES string of the molecule is C[C@@H]1C(=O)O[C@@H]2[C@@H](O)[C@@]34[C@H]5OC(=O)[C@]3(O[C@H]3OC(=O)[C@@H](O)[C@@]34[C@H](C(C)(C)C)[C@@H]5O)[C@]12O. The van der Waals surface area contributed by atoms with Crippen molar-refractivity contribution < 1.29 is 53.8 Å². The summed E-state index contributed by atoms with van der Waals surface area (Å²) < 4.78 is 22.2. The Bertz CT molecular complexity index is 957. The molecule has 0 aromatic heterocycles. The molecule has 170 valence electrons. The molecule has 2 aliphatic carbocycles. The molecule has 12 atom stereocenters. The van der Waals surface area contributed by atoms with Crippen LogP contribution in [0, 0.1) is 28.1 Å². The van der Waals surface area contributed by atoms with Gasteiger partial charge in [0.2, 0.25) is 11.9 Å². The van der Waals surface area contributed by atoms with Crippen LogP contribution in [0.25, 0.3) is 0 Å².